The van der Waals surface area contributed by atoms with E-state index in [0.717, 1.165) is 6.07 Å². The first-order chi connectivity index (χ1) is 11.9. The van der Waals surface area contributed by atoms with E-state index in [-0.39, 0.29) is 11.6 Å². The van der Waals surface area contributed by atoms with Gasteiger partial charge in [-0.3, -0.25) is 15.1 Å². The molecule has 0 radical (unpaired) electrons. The van der Waals surface area contributed by atoms with Gasteiger partial charge in [0.05, 0.1) is 16.0 Å². The second-order valence-electron chi connectivity index (χ2n) is 5.47. The maximum absolute atomic E-state index is 13.2. The summed E-state index contributed by atoms with van der Waals surface area (Å²) < 4.78 is 27.7. The molecular weight excluding hydrogens is 368 g/mol. The first-order valence-electron chi connectivity index (χ1n) is 7.48. The minimum Gasteiger partial charge on any atom is -0.313 e. The normalized spacial score (nSPS) is 18.8. The van der Waals surface area contributed by atoms with E-state index in [4.69, 9.17) is 11.6 Å². The topological polar surface area (TPSA) is 105 Å². The summed E-state index contributed by atoms with van der Waals surface area (Å²) in [6.45, 7) is 0.988. The fourth-order valence-electron chi connectivity index (χ4n) is 2.84. The molecule has 8 nitrogen and oxygen atoms in total. The van der Waals surface area contributed by atoms with Gasteiger partial charge in [0.2, 0.25) is 0 Å². The highest BCUT2D eigenvalue weighted by atomic mass is 35.5. The number of nitrogens with one attached hydrogen (secondary N) is 1. The number of rotatable bonds is 4. The Morgan fingerprint density at radius 3 is 2.80 bits per heavy atom. The van der Waals surface area contributed by atoms with Gasteiger partial charge in [-0.25, -0.2) is 8.42 Å². The molecule has 132 valence electrons. The van der Waals surface area contributed by atoms with Crippen LogP contribution in [0.25, 0.3) is 0 Å². The molecule has 0 spiro atoms. The van der Waals surface area contributed by atoms with Crippen LogP contribution in [0.3, 0.4) is 0 Å². The third kappa shape index (κ3) is 3.36. The number of nitrogens with zero attached hydrogens (tertiary/aromatic N) is 3. The zero-order chi connectivity index (χ0) is 18.0. The summed E-state index contributed by atoms with van der Waals surface area (Å²) in [7, 11) is -4.17. The Kier molecular flexibility index (Phi) is 5.00. The summed E-state index contributed by atoms with van der Waals surface area (Å²) in [4.78, 5) is 14.1. The van der Waals surface area contributed by atoms with Crippen LogP contribution in [0, 0.1) is 10.1 Å². The first-order valence-corrected chi connectivity index (χ1v) is 9.30. The summed E-state index contributed by atoms with van der Waals surface area (Å²) in [5, 5.41) is 14.3. The average Bonchev–Trinajstić information content (AvgIpc) is 2.62. The molecule has 1 aromatic heterocycles. The number of halogens is 1. The van der Waals surface area contributed by atoms with Crippen LogP contribution in [0.15, 0.2) is 47.6 Å². The average molecular weight is 383 g/mol. The molecule has 1 N–H and O–H groups in total. The van der Waals surface area contributed by atoms with E-state index in [9.17, 15) is 18.5 Å². The Bertz CT molecular complexity index is 892. The van der Waals surface area contributed by atoms with Gasteiger partial charge in [0.15, 0.2) is 4.90 Å². The van der Waals surface area contributed by atoms with Gasteiger partial charge in [0, 0.05) is 38.1 Å². The van der Waals surface area contributed by atoms with Crippen molar-refractivity contribution in [2.75, 3.05) is 19.6 Å². The molecule has 1 aliphatic rings. The van der Waals surface area contributed by atoms with Crippen molar-refractivity contribution in [3.63, 3.8) is 0 Å². The largest absolute Gasteiger partial charge is 0.313 e. The standard InChI is InChI=1S/C15H15ClN4O4S/c16-12-4-1-5-13(20(21)22)15(12)25(23,24)19-8-7-18-10-14(19)11-3-2-6-17-9-11/h1-6,9,14,18H,7-8,10H2. The van der Waals surface area contributed by atoms with Crippen LogP contribution in [-0.2, 0) is 10.0 Å². The van der Waals surface area contributed by atoms with Gasteiger partial charge in [-0.2, -0.15) is 4.31 Å². The van der Waals surface area contributed by atoms with E-state index in [1.807, 2.05) is 0 Å². The van der Waals surface area contributed by atoms with E-state index in [0.29, 0.717) is 18.7 Å². The van der Waals surface area contributed by atoms with E-state index < -0.39 is 31.6 Å². The van der Waals surface area contributed by atoms with E-state index in [1.165, 1.54) is 16.4 Å². The van der Waals surface area contributed by atoms with Crippen LogP contribution in [-0.4, -0.2) is 42.3 Å². The number of piperazine rings is 1. The second kappa shape index (κ2) is 7.04. The zero-order valence-electron chi connectivity index (χ0n) is 13.0. The highest BCUT2D eigenvalue weighted by Crippen LogP contribution is 2.36. The molecule has 1 saturated heterocycles. The fraction of sp³-hybridized carbons (Fsp3) is 0.267. The molecular formula is C15H15ClN4O4S. The van der Waals surface area contributed by atoms with E-state index in [1.54, 1.807) is 24.5 Å². The number of pyridine rings is 1. The van der Waals surface area contributed by atoms with Crippen LogP contribution < -0.4 is 5.32 Å². The lowest BCUT2D eigenvalue weighted by atomic mass is 10.1. The number of benzene rings is 1. The first kappa shape index (κ1) is 17.7. The molecule has 1 atom stereocenters. The summed E-state index contributed by atoms with van der Waals surface area (Å²) in [5.74, 6) is 0. The van der Waals surface area contributed by atoms with Crippen LogP contribution >= 0.6 is 11.6 Å². The highest BCUT2D eigenvalue weighted by molar-refractivity contribution is 7.89. The predicted molar refractivity (Wildman–Crippen MR) is 91.8 cm³/mol. The van der Waals surface area contributed by atoms with Gasteiger partial charge in [-0.15, -0.1) is 0 Å². The lowest BCUT2D eigenvalue weighted by molar-refractivity contribution is -0.387. The van der Waals surface area contributed by atoms with Crippen molar-refractivity contribution in [3.8, 4) is 0 Å². The molecule has 25 heavy (non-hydrogen) atoms. The summed E-state index contributed by atoms with van der Waals surface area (Å²) in [6.07, 6.45) is 3.18. The van der Waals surface area contributed by atoms with Crippen molar-refractivity contribution in [2.24, 2.45) is 0 Å². The minimum atomic E-state index is -4.17. The molecule has 2 heterocycles. The van der Waals surface area contributed by atoms with Crippen LogP contribution in [0.4, 0.5) is 5.69 Å². The monoisotopic (exact) mass is 382 g/mol. The summed E-state index contributed by atoms with van der Waals surface area (Å²) >= 11 is 6.03. The highest BCUT2D eigenvalue weighted by Gasteiger charge is 2.39. The molecule has 3 rings (SSSR count). The Morgan fingerprint density at radius 1 is 1.32 bits per heavy atom. The molecule has 10 heteroatoms. The predicted octanol–water partition coefficient (Wildman–Crippen LogP) is 1.98. The van der Waals surface area contributed by atoms with E-state index >= 15 is 0 Å². The molecule has 1 unspecified atom stereocenters. The van der Waals surface area contributed by atoms with Gasteiger partial charge in [-0.05, 0) is 17.7 Å². The van der Waals surface area contributed by atoms with Crippen molar-refractivity contribution in [3.05, 3.63) is 63.4 Å². The summed E-state index contributed by atoms with van der Waals surface area (Å²) in [6, 6.07) is 6.79. The number of hydrogen-bond acceptors (Lipinski definition) is 6. The molecule has 0 bridgehead atoms. The van der Waals surface area contributed by atoms with Crippen LogP contribution in [0.1, 0.15) is 11.6 Å². The van der Waals surface area contributed by atoms with Crippen molar-refractivity contribution in [2.45, 2.75) is 10.9 Å². The second-order valence-corrected chi connectivity index (χ2v) is 7.70. The maximum atomic E-state index is 13.2. The number of nitro benzene ring substituents is 1. The Morgan fingerprint density at radius 2 is 2.12 bits per heavy atom. The third-order valence-electron chi connectivity index (χ3n) is 3.97. The van der Waals surface area contributed by atoms with Gasteiger partial charge < -0.3 is 5.32 Å². The molecule has 0 amide bonds. The number of aromatic nitrogens is 1. The van der Waals surface area contributed by atoms with Crippen molar-refractivity contribution in [1.82, 2.24) is 14.6 Å². The minimum absolute atomic E-state index is 0.169. The molecule has 2 aromatic rings. The van der Waals surface area contributed by atoms with Gasteiger partial charge >= 0.3 is 0 Å². The summed E-state index contributed by atoms with van der Waals surface area (Å²) in [5.41, 5.74) is 0.170. The van der Waals surface area contributed by atoms with Crippen molar-refractivity contribution in [1.29, 1.82) is 0 Å². The van der Waals surface area contributed by atoms with Crippen LogP contribution in [0.5, 0.6) is 0 Å². The van der Waals surface area contributed by atoms with Crippen LogP contribution in [0.2, 0.25) is 5.02 Å². The number of hydrogen-bond donors (Lipinski definition) is 1. The third-order valence-corrected chi connectivity index (χ3v) is 6.40. The van der Waals surface area contributed by atoms with Gasteiger partial charge in [-0.1, -0.05) is 23.7 Å². The van der Waals surface area contributed by atoms with Gasteiger partial charge in [0.25, 0.3) is 15.7 Å². The molecule has 0 aliphatic carbocycles. The fourth-order valence-corrected chi connectivity index (χ4v) is 5.13. The lowest BCUT2D eigenvalue weighted by Gasteiger charge is -2.35. The van der Waals surface area contributed by atoms with Crippen molar-refractivity contribution >= 4 is 27.3 Å². The smallest absolute Gasteiger partial charge is 0.290 e. The quantitative estimate of drug-likeness (QED) is 0.640. The molecule has 0 saturated carbocycles. The Labute approximate surface area is 149 Å². The Balaban J connectivity index is 2.12. The lowest BCUT2D eigenvalue weighted by Crippen LogP contribution is -2.48. The number of nitro groups is 1. The Hall–Kier alpha value is -2.07. The SMILES string of the molecule is O=[N+]([O-])c1cccc(Cl)c1S(=O)(=O)N1CCNCC1c1cccnc1. The van der Waals surface area contributed by atoms with Crippen molar-refractivity contribution < 1.29 is 13.3 Å². The number of sulfonamides is 1. The molecule has 1 aliphatic heterocycles. The van der Waals surface area contributed by atoms with E-state index in [2.05, 4.69) is 10.3 Å². The zero-order valence-corrected chi connectivity index (χ0v) is 14.6. The molecule has 1 aromatic carbocycles. The van der Waals surface area contributed by atoms with Gasteiger partial charge in [0.1, 0.15) is 0 Å². The maximum Gasteiger partial charge on any atom is 0.290 e. The molecule has 1 fully saturated rings.